The molecule has 0 radical (unpaired) electrons. The van der Waals surface area contributed by atoms with E-state index in [1.165, 1.54) is 0 Å². The molecule has 0 aliphatic heterocycles. The van der Waals surface area contributed by atoms with Crippen molar-refractivity contribution in [1.82, 2.24) is 5.32 Å². The van der Waals surface area contributed by atoms with Crippen LogP contribution < -0.4 is 14.8 Å². The summed E-state index contributed by atoms with van der Waals surface area (Å²) in [6, 6.07) is 22.0. The second-order valence-corrected chi connectivity index (χ2v) is 8.41. The van der Waals surface area contributed by atoms with Crippen LogP contribution in [0, 0.1) is 0 Å². The molecule has 0 saturated heterocycles. The molecule has 4 heteroatoms. The van der Waals surface area contributed by atoms with E-state index < -0.39 is 6.10 Å². The molecule has 0 aromatic heterocycles. The third kappa shape index (κ3) is 5.53. The number of carbonyl (C=O) groups is 1. The lowest BCUT2D eigenvalue weighted by atomic mass is 9.86. The van der Waals surface area contributed by atoms with Crippen LogP contribution in [-0.4, -0.2) is 25.2 Å². The molecule has 30 heavy (non-hydrogen) atoms. The number of hydrogen-bond acceptors (Lipinski definition) is 3. The first-order valence-electron chi connectivity index (χ1n) is 10.5. The minimum Gasteiger partial charge on any atom is -0.491 e. The largest absolute Gasteiger partial charge is 0.491 e. The average Bonchev–Trinajstić information content (AvgIpc) is 2.74. The van der Waals surface area contributed by atoms with E-state index in [1.807, 2.05) is 61.5 Å². The maximum atomic E-state index is 12.6. The molecule has 4 nitrogen and oxygen atoms in total. The number of fused-ring (bicyclic) bond motifs is 1. The molecule has 1 N–H and O–H groups in total. The molecule has 0 saturated carbocycles. The molecule has 0 fully saturated rings. The standard InChI is InChI=1S/C26H31NO3/c1-5-23(30-21-15-14-19-10-6-7-11-20(19)18-21)25(28)27-16-17-29-24-13-9-8-12-22(24)26(2,3)4/h6-15,18,23H,5,16-17H2,1-4H3,(H,27,28). The molecule has 1 atom stereocenters. The number of nitrogens with one attached hydrogen (secondary N) is 1. The Kier molecular flexibility index (Phi) is 6.99. The van der Waals surface area contributed by atoms with Gasteiger partial charge in [-0.25, -0.2) is 0 Å². The Hall–Kier alpha value is -3.01. The van der Waals surface area contributed by atoms with Gasteiger partial charge in [0.05, 0.1) is 6.54 Å². The van der Waals surface area contributed by atoms with Crippen molar-refractivity contribution < 1.29 is 14.3 Å². The summed E-state index contributed by atoms with van der Waals surface area (Å²) in [4.78, 5) is 12.6. The van der Waals surface area contributed by atoms with Gasteiger partial charge in [-0.3, -0.25) is 4.79 Å². The Balaban J connectivity index is 1.53. The van der Waals surface area contributed by atoms with E-state index in [2.05, 4.69) is 38.2 Å². The fourth-order valence-corrected chi connectivity index (χ4v) is 3.39. The first kappa shape index (κ1) is 21.7. The zero-order valence-electron chi connectivity index (χ0n) is 18.3. The summed E-state index contributed by atoms with van der Waals surface area (Å²) in [6.45, 7) is 9.26. The molecular weight excluding hydrogens is 374 g/mol. The molecule has 3 aromatic rings. The summed E-state index contributed by atoms with van der Waals surface area (Å²) in [5, 5.41) is 5.17. The highest BCUT2D eigenvalue weighted by Gasteiger charge is 2.20. The van der Waals surface area contributed by atoms with Gasteiger partial charge in [0.1, 0.15) is 18.1 Å². The topological polar surface area (TPSA) is 47.6 Å². The van der Waals surface area contributed by atoms with Gasteiger partial charge in [-0.2, -0.15) is 0 Å². The lowest BCUT2D eigenvalue weighted by Gasteiger charge is -2.23. The second kappa shape index (κ2) is 9.66. The fourth-order valence-electron chi connectivity index (χ4n) is 3.39. The molecule has 1 unspecified atom stereocenters. The molecule has 3 aromatic carbocycles. The summed E-state index contributed by atoms with van der Waals surface area (Å²) in [6.07, 6.45) is 0.0554. The van der Waals surface area contributed by atoms with Crippen LogP contribution in [0.2, 0.25) is 0 Å². The van der Waals surface area contributed by atoms with Crippen LogP contribution >= 0.6 is 0 Å². The van der Waals surface area contributed by atoms with Crippen molar-refractivity contribution in [3.05, 3.63) is 72.3 Å². The zero-order chi connectivity index (χ0) is 21.6. The van der Waals surface area contributed by atoms with E-state index in [9.17, 15) is 4.79 Å². The lowest BCUT2D eigenvalue weighted by molar-refractivity contribution is -0.128. The molecular formula is C26H31NO3. The summed E-state index contributed by atoms with van der Waals surface area (Å²) in [5.74, 6) is 1.43. The summed E-state index contributed by atoms with van der Waals surface area (Å²) in [5.41, 5.74) is 1.16. The number of carbonyl (C=O) groups excluding carboxylic acids is 1. The predicted octanol–water partition coefficient (Wildman–Crippen LogP) is 5.49. The van der Waals surface area contributed by atoms with Crippen molar-refractivity contribution in [2.75, 3.05) is 13.2 Å². The van der Waals surface area contributed by atoms with Gasteiger partial charge in [0.25, 0.3) is 5.91 Å². The van der Waals surface area contributed by atoms with E-state index in [0.29, 0.717) is 25.3 Å². The van der Waals surface area contributed by atoms with Crippen LogP contribution in [0.1, 0.15) is 39.7 Å². The molecule has 0 bridgehead atoms. The monoisotopic (exact) mass is 405 g/mol. The minimum atomic E-state index is -0.534. The van der Waals surface area contributed by atoms with E-state index in [1.54, 1.807) is 0 Å². The van der Waals surface area contributed by atoms with Crippen molar-refractivity contribution in [2.24, 2.45) is 0 Å². The number of amides is 1. The predicted molar refractivity (Wildman–Crippen MR) is 122 cm³/mol. The van der Waals surface area contributed by atoms with Gasteiger partial charge >= 0.3 is 0 Å². The van der Waals surface area contributed by atoms with Crippen molar-refractivity contribution in [3.63, 3.8) is 0 Å². The van der Waals surface area contributed by atoms with Crippen LogP contribution in [0.4, 0.5) is 0 Å². The first-order valence-corrected chi connectivity index (χ1v) is 10.5. The Morgan fingerprint density at radius 1 is 0.967 bits per heavy atom. The maximum Gasteiger partial charge on any atom is 0.261 e. The van der Waals surface area contributed by atoms with Gasteiger partial charge in [0, 0.05) is 0 Å². The van der Waals surface area contributed by atoms with Crippen molar-refractivity contribution in [1.29, 1.82) is 0 Å². The lowest BCUT2D eigenvalue weighted by Crippen LogP contribution is -2.39. The van der Waals surface area contributed by atoms with Crippen molar-refractivity contribution in [2.45, 2.75) is 45.6 Å². The van der Waals surface area contributed by atoms with Gasteiger partial charge in [-0.05, 0) is 46.4 Å². The molecule has 158 valence electrons. The summed E-state index contributed by atoms with van der Waals surface area (Å²) >= 11 is 0. The van der Waals surface area contributed by atoms with Gasteiger partial charge in [0.15, 0.2) is 6.10 Å². The molecule has 0 aliphatic carbocycles. The van der Waals surface area contributed by atoms with Gasteiger partial charge < -0.3 is 14.8 Å². The van der Waals surface area contributed by atoms with Crippen molar-refractivity contribution in [3.8, 4) is 11.5 Å². The van der Waals surface area contributed by atoms with E-state index >= 15 is 0 Å². The van der Waals surface area contributed by atoms with E-state index in [0.717, 1.165) is 22.1 Å². The van der Waals surface area contributed by atoms with E-state index in [4.69, 9.17) is 9.47 Å². The quantitative estimate of drug-likeness (QED) is 0.504. The second-order valence-electron chi connectivity index (χ2n) is 8.41. The maximum absolute atomic E-state index is 12.6. The van der Waals surface area contributed by atoms with Crippen LogP contribution in [0.5, 0.6) is 11.5 Å². The SMILES string of the molecule is CCC(Oc1ccc2ccccc2c1)C(=O)NCCOc1ccccc1C(C)(C)C. The molecule has 0 spiro atoms. The highest BCUT2D eigenvalue weighted by Crippen LogP contribution is 2.30. The number of hydrogen-bond donors (Lipinski definition) is 1. The van der Waals surface area contributed by atoms with Crippen LogP contribution in [0.3, 0.4) is 0 Å². The molecule has 3 rings (SSSR count). The van der Waals surface area contributed by atoms with Gasteiger partial charge in [-0.1, -0.05) is 76.2 Å². The average molecular weight is 406 g/mol. The Labute approximate surface area is 179 Å². The van der Waals surface area contributed by atoms with E-state index in [-0.39, 0.29) is 11.3 Å². The normalized spacial score (nSPS) is 12.4. The van der Waals surface area contributed by atoms with Gasteiger partial charge in [0.2, 0.25) is 0 Å². The van der Waals surface area contributed by atoms with Crippen molar-refractivity contribution >= 4 is 16.7 Å². The Morgan fingerprint density at radius 3 is 2.40 bits per heavy atom. The Morgan fingerprint density at radius 2 is 1.67 bits per heavy atom. The minimum absolute atomic E-state index is 0.000837. The molecule has 0 aliphatic rings. The number of ether oxygens (including phenoxy) is 2. The van der Waals surface area contributed by atoms with Crippen LogP contribution in [0.15, 0.2) is 66.7 Å². The van der Waals surface area contributed by atoms with Crippen LogP contribution in [-0.2, 0) is 10.2 Å². The zero-order valence-corrected chi connectivity index (χ0v) is 18.3. The third-order valence-electron chi connectivity index (χ3n) is 5.02. The Bertz CT molecular complexity index is 991. The number of benzene rings is 3. The highest BCUT2D eigenvalue weighted by atomic mass is 16.5. The number of para-hydroxylation sites is 1. The molecule has 0 heterocycles. The first-order chi connectivity index (χ1) is 14.4. The fraction of sp³-hybridized carbons (Fsp3) is 0.346. The smallest absolute Gasteiger partial charge is 0.261 e. The third-order valence-corrected chi connectivity index (χ3v) is 5.02. The summed E-state index contributed by atoms with van der Waals surface area (Å²) < 4.78 is 11.9. The summed E-state index contributed by atoms with van der Waals surface area (Å²) in [7, 11) is 0. The van der Waals surface area contributed by atoms with Gasteiger partial charge in [-0.15, -0.1) is 0 Å². The van der Waals surface area contributed by atoms with Crippen LogP contribution in [0.25, 0.3) is 10.8 Å². The number of rotatable bonds is 8. The molecule has 1 amide bonds. The highest BCUT2D eigenvalue weighted by molar-refractivity contribution is 5.84.